The smallest absolute Gasteiger partial charge is 0.410 e. The summed E-state index contributed by atoms with van der Waals surface area (Å²) in [4.78, 5) is 27.6. The highest BCUT2D eigenvalue weighted by atomic mass is 16.6. The maximum atomic E-state index is 13.3. The van der Waals surface area contributed by atoms with Crippen molar-refractivity contribution in [2.75, 3.05) is 25.5 Å². The maximum absolute atomic E-state index is 13.3. The van der Waals surface area contributed by atoms with E-state index in [2.05, 4.69) is 10.4 Å². The summed E-state index contributed by atoms with van der Waals surface area (Å²) in [5, 5.41) is 7.57. The SMILES string of the molecule is COc1ccc(-n2ncc(C(=O)Nc3ccccc3)c2C2CCN(C(=O)OC(C)(C)C)CC2)cc1. The number of aromatic nitrogens is 2. The van der Waals surface area contributed by atoms with Crippen molar-refractivity contribution in [1.82, 2.24) is 14.7 Å². The number of likely N-dealkylation sites (tertiary alicyclic amines) is 1. The van der Waals surface area contributed by atoms with E-state index in [9.17, 15) is 9.59 Å². The van der Waals surface area contributed by atoms with Gasteiger partial charge in [0.25, 0.3) is 5.91 Å². The van der Waals surface area contributed by atoms with Gasteiger partial charge < -0.3 is 19.7 Å². The molecule has 1 aromatic heterocycles. The highest BCUT2D eigenvalue weighted by Gasteiger charge is 2.32. The van der Waals surface area contributed by atoms with Gasteiger partial charge in [-0.3, -0.25) is 4.79 Å². The Morgan fingerprint density at radius 2 is 1.66 bits per heavy atom. The number of amides is 2. The normalized spacial score (nSPS) is 14.5. The van der Waals surface area contributed by atoms with Crippen molar-refractivity contribution in [3.63, 3.8) is 0 Å². The lowest BCUT2D eigenvalue weighted by Gasteiger charge is -2.34. The van der Waals surface area contributed by atoms with Crippen LogP contribution >= 0.6 is 0 Å². The second-order valence-corrected chi connectivity index (χ2v) is 9.62. The molecule has 8 nitrogen and oxygen atoms in total. The number of piperidine rings is 1. The Morgan fingerprint density at radius 1 is 1.00 bits per heavy atom. The first-order valence-corrected chi connectivity index (χ1v) is 11.8. The molecule has 1 N–H and O–H groups in total. The molecule has 1 aliphatic rings. The molecular formula is C27H32N4O4. The van der Waals surface area contributed by atoms with Gasteiger partial charge >= 0.3 is 6.09 Å². The molecule has 0 unspecified atom stereocenters. The summed E-state index contributed by atoms with van der Waals surface area (Å²) in [5.74, 6) is 0.588. The average molecular weight is 477 g/mol. The molecule has 0 bridgehead atoms. The van der Waals surface area contributed by atoms with Crippen LogP contribution in [0.3, 0.4) is 0 Å². The lowest BCUT2D eigenvalue weighted by atomic mass is 9.90. The molecule has 0 spiro atoms. The zero-order valence-electron chi connectivity index (χ0n) is 20.7. The standard InChI is InChI=1S/C27H32N4O4/c1-27(2,3)35-26(33)30-16-14-19(15-17-30)24-23(25(32)29-20-8-6-5-7-9-20)18-28-31(24)21-10-12-22(34-4)13-11-21/h5-13,18-19H,14-17H2,1-4H3,(H,29,32). The van der Waals surface area contributed by atoms with E-state index in [0.29, 0.717) is 31.5 Å². The van der Waals surface area contributed by atoms with Gasteiger partial charge in [0.05, 0.1) is 30.3 Å². The molecule has 0 saturated carbocycles. The highest BCUT2D eigenvalue weighted by Crippen LogP contribution is 2.33. The van der Waals surface area contributed by atoms with Crippen molar-refractivity contribution in [2.45, 2.75) is 45.1 Å². The molecule has 2 amide bonds. The Labute approximate surface area is 205 Å². The second-order valence-electron chi connectivity index (χ2n) is 9.62. The first-order valence-electron chi connectivity index (χ1n) is 11.8. The third kappa shape index (κ3) is 5.82. The van der Waals surface area contributed by atoms with Crippen molar-refractivity contribution in [3.8, 4) is 11.4 Å². The van der Waals surface area contributed by atoms with Crippen LogP contribution in [0.2, 0.25) is 0 Å². The van der Waals surface area contributed by atoms with Crippen LogP contribution in [-0.4, -0.2) is 52.5 Å². The molecule has 0 radical (unpaired) electrons. The minimum atomic E-state index is -0.538. The first kappa shape index (κ1) is 24.3. The number of methoxy groups -OCH3 is 1. The zero-order valence-corrected chi connectivity index (χ0v) is 20.7. The number of carbonyl (C=O) groups excluding carboxylic acids is 2. The van der Waals surface area contributed by atoms with Crippen molar-refractivity contribution in [1.29, 1.82) is 0 Å². The Hall–Kier alpha value is -3.81. The molecule has 1 saturated heterocycles. The highest BCUT2D eigenvalue weighted by molar-refractivity contribution is 6.05. The topological polar surface area (TPSA) is 85.7 Å². The summed E-state index contributed by atoms with van der Waals surface area (Å²) in [6.45, 7) is 6.69. The molecule has 2 heterocycles. The molecule has 1 fully saturated rings. The molecular weight excluding hydrogens is 444 g/mol. The van der Waals surface area contributed by atoms with E-state index in [-0.39, 0.29) is 17.9 Å². The lowest BCUT2D eigenvalue weighted by molar-refractivity contribution is 0.0203. The molecule has 35 heavy (non-hydrogen) atoms. The number of hydrogen-bond acceptors (Lipinski definition) is 5. The summed E-state index contributed by atoms with van der Waals surface area (Å²) in [7, 11) is 1.62. The average Bonchev–Trinajstić information content (AvgIpc) is 3.29. The fourth-order valence-corrected chi connectivity index (χ4v) is 4.24. The van der Waals surface area contributed by atoms with Crippen LogP contribution in [0, 0.1) is 0 Å². The van der Waals surface area contributed by atoms with Gasteiger partial charge in [-0.2, -0.15) is 5.10 Å². The third-order valence-corrected chi connectivity index (χ3v) is 5.93. The fourth-order valence-electron chi connectivity index (χ4n) is 4.24. The molecule has 8 heteroatoms. The van der Waals surface area contributed by atoms with E-state index in [0.717, 1.165) is 22.8 Å². The second kappa shape index (κ2) is 10.2. The number of benzene rings is 2. The minimum absolute atomic E-state index is 0.0508. The van der Waals surface area contributed by atoms with Gasteiger partial charge in [-0.15, -0.1) is 0 Å². The summed E-state index contributed by atoms with van der Waals surface area (Å²) >= 11 is 0. The third-order valence-electron chi connectivity index (χ3n) is 5.93. The zero-order chi connectivity index (χ0) is 25.0. The van der Waals surface area contributed by atoms with Gasteiger partial charge in [-0.1, -0.05) is 18.2 Å². The number of carbonyl (C=O) groups is 2. The fraction of sp³-hybridized carbons (Fsp3) is 0.370. The van der Waals surface area contributed by atoms with Crippen LogP contribution in [0.1, 0.15) is 55.6 Å². The van der Waals surface area contributed by atoms with Gasteiger partial charge in [0.2, 0.25) is 0 Å². The van der Waals surface area contributed by atoms with Gasteiger partial charge in [-0.25, -0.2) is 9.48 Å². The Morgan fingerprint density at radius 3 is 2.26 bits per heavy atom. The quantitative estimate of drug-likeness (QED) is 0.544. The van der Waals surface area contributed by atoms with Crippen molar-refractivity contribution in [2.24, 2.45) is 0 Å². The predicted molar refractivity (Wildman–Crippen MR) is 134 cm³/mol. The predicted octanol–water partition coefficient (Wildman–Crippen LogP) is 5.25. The van der Waals surface area contributed by atoms with Crippen LogP contribution in [0.25, 0.3) is 5.69 Å². The number of hydrogen-bond donors (Lipinski definition) is 1. The molecule has 0 aliphatic carbocycles. The van der Waals surface area contributed by atoms with Crippen molar-refractivity contribution >= 4 is 17.7 Å². The maximum Gasteiger partial charge on any atom is 0.410 e. The van der Waals surface area contributed by atoms with E-state index in [4.69, 9.17) is 9.47 Å². The summed E-state index contributed by atoms with van der Waals surface area (Å²) < 4.78 is 12.7. The largest absolute Gasteiger partial charge is 0.497 e. The first-order chi connectivity index (χ1) is 16.7. The summed E-state index contributed by atoms with van der Waals surface area (Å²) in [6, 6.07) is 16.9. The monoisotopic (exact) mass is 476 g/mol. The van der Waals surface area contributed by atoms with E-state index in [1.807, 2.05) is 80.1 Å². The van der Waals surface area contributed by atoms with E-state index < -0.39 is 5.60 Å². The minimum Gasteiger partial charge on any atom is -0.497 e. The number of rotatable bonds is 5. The molecule has 2 aromatic carbocycles. The lowest BCUT2D eigenvalue weighted by Crippen LogP contribution is -2.41. The van der Waals surface area contributed by atoms with E-state index >= 15 is 0 Å². The number of anilines is 1. The number of nitrogens with one attached hydrogen (secondary N) is 1. The summed E-state index contributed by atoms with van der Waals surface area (Å²) in [6.07, 6.45) is 2.72. The molecule has 3 aromatic rings. The number of nitrogens with zero attached hydrogens (tertiary/aromatic N) is 3. The van der Waals surface area contributed by atoms with Crippen molar-refractivity contribution in [3.05, 3.63) is 72.1 Å². The molecule has 4 rings (SSSR count). The van der Waals surface area contributed by atoms with Crippen LogP contribution in [-0.2, 0) is 4.74 Å². The van der Waals surface area contributed by atoms with E-state index in [1.165, 1.54) is 0 Å². The summed E-state index contributed by atoms with van der Waals surface area (Å²) in [5.41, 5.74) is 2.39. The van der Waals surface area contributed by atoms with Gasteiger partial charge in [0.15, 0.2) is 0 Å². The Balaban J connectivity index is 1.61. The van der Waals surface area contributed by atoms with Gasteiger partial charge in [-0.05, 0) is 70.0 Å². The van der Waals surface area contributed by atoms with Crippen molar-refractivity contribution < 1.29 is 19.1 Å². The van der Waals surface area contributed by atoms with Crippen LogP contribution in [0.4, 0.5) is 10.5 Å². The van der Waals surface area contributed by atoms with Crippen LogP contribution < -0.4 is 10.1 Å². The Bertz CT molecular complexity index is 1160. The molecule has 1 aliphatic heterocycles. The Kier molecular flexibility index (Phi) is 7.10. The number of ether oxygens (including phenoxy) is 2. The van der Waals surface area contributed by atoms with Crippen LogP contribution in [0.15, 0.2) is 60.8 Å². The van der Waals surface area contributed by atoms with E-state index in [1.54, 1.807) is 18.2 Å². The van der Waals surface area contributed by atoms with Crippen LogP contribution in [0.5, 0.6) is 5.75 Å². The van der Waals surface area contributed by atoms with Gasteiger partial charge in [0, 0.05) is 24.7 Å². The van der Waals surface area contributed by atoms with Gasteiger partial charge in [0.1, 0.15) is 11.4 Å². The molecule has 184 valence electrons. The molecule has 0 atom stereocenters. The number of para-hydroxylation sites is 1.